The number of aromatic nitrogens is 1. The molecule has 0 aliphatic carbocycles. The van der Waals surface area contributed by atoms with Crippen LogP contribution in [0.3, 0.4) is 0 Å². The van der Waals surface area contributed by atoms with E-state index in [1.54, 1.807) is 24.4 Å². The summed E-state index contributed by atoms with van der Waals surface area (Å²) in [6.45, 7) is 0.532. The summed E-state index contributed by atoms with van der Waals surface area (Å²) in [4.78, 5) is 17.8. The summed E-state index contributed by atoms with van der Waals surface area (Å²) in [6, 6.07) is 9.76. The molecule has 6 heteroatoms. The molecule has 22 heavy (non-hydrogen) atoms. The van der Waals surface area contributed by atoms with Gasteiger partial charge in [-0.05, 0) is 23.8 Å². The highest BCUT2D eigenvalue weighted by molar-refractivity contribution is 5.73. The lowest BCUT2D eigenvalue weighted by Crippen LogP contribution is -2.34. The first kappa shape index (κ1) is 15.8. The third kappa shape index (κ3) is 4.44. The van der Waals surface area contributed by atoms with E-state index >= 15 is 0 Å². The molecule has 0 unspecified atom stereocenters. The number of carbonyl (C=O) groups excluding carboxylic acids is 1. The van der Waals surface area contributed by atoms with E-state index in [9.17, 15) is 9.18 Å². The summed E-state index contributed by atoms with van der Waals surface area (Å²) in [6.07, 6.45) is 1.70. The average molecular weight is 302 g/mol. The lowest BCUT2D eigenvalue weighted by molar-refractivity contribution is 0.240. The number of anilines is 1. The van der Waals surface area contributed by atoms with Gasteiger partial charge in [-0.15, -0.1) is 0 Å². The van der Waals surface area contributed by atoms with Crippen LogP contribution in [0.25, 0.3) is 0 Å². The van der Waals surface area contributed by atoms with Crippen molar-refractivity contribution in [2.75, 3.05) is 19.0 Å². The quantitative estimate of drug-likeness (QED) is 0.891. The van der Waals surface area contributed by atoms with Gasteiger partial charge in [-0.1, -0.05) is 18.2 Å². The predicted octanol–water partition coefficient (Wildman–Crippen LogP) is 2.29. The molecule has 2 N–H and O–H groups in total. The number of urea groups is 1. The van der Waals surface area contributed by atoms with Crippen molar-refractivity contribution in [3.05, 3.63) is 59.5 Å². The molecule has 0 aliphatic heterocycles. The molecule has 0 atom stereocenters. The van der Waals surface area contributed by atoms with Crippen LogP contribution < -0.4 is 15.5 Å². The number of nitrogens with one attached hydrogen (secondary N) is 2. The highest BCUT2D eigenvalue weighted by atomic mass is 19.1. The van der Waals surface area contributed by atoms with Crippen molar-refractivity contribution >= 4 is 11.8 Å². The third-order valence-electron chi connectivity index (χ3n) is 3.12. The zero-order valence-electron chi connectivity index (χ0n) is 12.6. The minimum atomic E-state index is -0.341. The number of pyridine rings is 1. The minimum Gasteiger partial charge on any atom is -0.363 e. The summed E-state index contributed by atoms with van der Waals surface area (Å²) in [5.74, 6) is 0.499. The number of hydrogen-bond donors (Lipinski definition) is 2. The molecule has 1 aromatic carbocycles. The Bertz CT molecular complexity index is 646. The Morgan fingerprint density at radius 2 is 1.91 bits per heavy atom. The summed E-state index contributed by atoms with van der Waals surface area (Å²) in [5.41, 5.74) is 1.40. The van der Waals surface area contributed by atoms with E-state index in [1.807, 2.05) is 31.1 Å². The predicted molar refractivity (Wildman–Crippen MR) is 84.0 cm³/mol. The Hall–Kier alpha value is -2.63. The molecule has 116 valence electrons. The van der Waals surface area contributed by atoms with Gasteiger partial charge >= 0.3 is 6.03 Å². The van der Waals surface area contributed by atoms with Crippen molar-refractivity contribution in [1.82, 2.24) is 15.6 Å². The van der Waals surface area contributed by atoms with E-state index in [0.717, 1.165) is 11.4 Å². The fraction of sp³-hybridized carbons (Fsp3) is 0.250. The Morgan fingerprint density at radius 1 is 1.18 bits per heavy atom. The van der Waals surface area contributed by atoms with Gasteiger partial charge in [-0.25, -0.2) is 14.2 Å². The molecule has 2 rings (SSSR count). The smallest absolute Gasteiger partial charge is 0.315 e. The van der Waals surface area contributed by atoms with Crippen molar-refractivity contribution in [2.45, 2.75) is 13.1 Å². The van der Waals surface area contributed by atoms with E-state index in [-0.39, 0.29) is 18.4 Å². The van der Waals surface area contributed by atoms with E-state index in [4.69, 9.17) is 0 Å². The molecule has 5 nitrogen and oxygen atoms in total. The maximum atomic E-state index is 13.4. The fourth-order valence-electron chi connectivity index (χ4n) is 1.88. The molecule has 0 fully saturated rings. The van der Waals surface area contributed by atoms with Gasteiger partial charge in [0.1, 0.15) is 11.6 Å². The Kier molecular flexibility index (Phi) is 5.30. The number of hydrogen-bond acceptors (Lipinski definition) is 3. The van der Waals surface area contributed by atoms with Crippen LogP contribution in [-0.2, 0) is 13.1 Å². The van der Waals surface area contributed by atoms with Crippen molar-refractivity contribution < 1.29 is 9.18 Å². The summed E-state index contributed by atoms with van der Waals surface area (Å²) < 4.78 is 13.4. The van der Waals surface area contributed by atoms with Crippen LogP contribution >= 0.6 is 0 Å². The van der Waals surface area contributed by atoms with Crippen LogP contribution in [0.1, 0.15) is 11.1 Å². The molecule has 0 radical (unpaired) electrons. The topological polar surface area (TPSA) is 57.3 Å². The van der Waals surface area contributed by atoms with Crippen LogP contribution in [0.2, 0.25) is 0 Å². The second-order valence-electron chi connectivity index (χ2n) is 5.04. The lowest BCUT2D eigenvalue weighted by atomic mass is 10.2. The van der Waals surface area contributed by atoms with Crippen molar-refractivity contribution in [3.8, 4) is 0 Å². The number of benzene rings is 1. The van der Waals surface area contributed by atoms with Crippen molar-refractivity contribution in [2.24, 2.45) is 0 Å². The molecule has 2 amide bonds. The molecule has 2 aromatic rings. The molecule has 0 saturated carbocycles. The van der Waals surface area contributed by atoms with E-state index in [2.05, 4.69) is 15.6 Å². The number of rotatable bonds is 5. The van der Waals surface area contributed by atoms with Crippen LogP contribution in [0.4, 0.5) is 15.0 Å². The lowest BCUT2D eigenvalue weighted by Gasteiger charge is -2.13. The number of nitrogens with zero attached hydrogens (tertiary/aromatic N) is 2. The van der Waals surface area contributed by atoms with Crippen molar-refractivity contribution in [1.29, 1.82) is 0 Å². The largest absolute Gasteiger partial charge is 0.363 e. The molecular weight excluding hydrogens is 283 g/mol. The Labute approximate surface area is 129 Å². The van der Waals surface area contributed by atoms with Crippen LogP contribution in [-0.4, -0.2) is 25.1 Å². The summed E-state index contributed by atoms with van der Waals surface area (Å²) in [7, 11) is 3.81. The van der Waals surface area contributed by atoms with Gasteiger partial charge in [0.05, 0.1) is 0 Å². The van der Waals surface area contributed by atoms with Gasteiger partial charge in [-0.2, -0.15) is 0 Å². The molecule has 1 heterocycles. The van der Waals surface area contributed by atoms with E-state index < -0.39 is 0 Å². The van der Waals surface area contributed by atoms with Gasteiger partial charge in [0.15, 0.2) is 0 Å². The second kappa shape index (κ2) is 7.40. The highest BCUT2D eigenvalue weighted by Crippen LogP contribution is 2.09. The van der Waals surface area contributed by atoms with Gasteiger partial charge in [0.25, 0.3) is 0 Å². The Morgan fingerprint density at radius 3 is 2.64 bits per heavy atom. The van der Waals surface area contributed by atoms with Crippen LogP contribution in [0.5, 0.6) is 0 Å². The third-order valence-corrected chi connectivity index (χ3v) is 3.12. The SMILES string of the molecule is CN(C)c1cc(CNC(=O)NCc2ccccc2F)ccn1. The van der Waals surface area contributed by atoms with Gasteiger partial charge in [0.2, 0.25) is 0 Å². The van der Waals surface area contributed by atoms with E-state index in [1.165, 1.54) is 6.07 Å². The van der Waals surface area contributed by atoms with Gasteiger partial charge < -0.3 is 15.5 Å². The van der Waals surface area contributed by atoms with Crippen molar-refractivity contribution in [3.63, 3.8) is 0 Å². The van der Waals surface area contributed by atoms with Gasteiger partial charge in [-0.3, -0.25) is 0 Å². The van der Waals surface area contributed by atoms with Gasteiger partial charge in [0, 0.05) is 38.9 Å². The minimum absolute atomic E-state index is 0.151. The molecule has 0 aliphatic rings. The first-order valence-corrected chi connectivity index (χ1v) is 6.93. The first-order valence-electron chi connectivity index (χ1n) is 6.93. The zero-order valence-corrected chi connectivity index (χ0v) is 12.6. The average Bonchev–Trinajstić information content (AvgIpc) is 2.52. The standard InChI is InChI=1S/C16H19FN4O/c1-21(2)15-9-12(7-8-18-15)10-19-16(22)20-11-13-5-3-4-6-14(13)17/h3-9H,10-11H2,1-2H3,(H2,19,20,22). The zero-order chi connectivity index (χ0) is 15.9. The molecule has 1 aromatic heterocycles. The molecular formula is C16H19FN4O. The summed E-state index contributed by atoms with van der Waals surface area (Å²) in [5, 5.41) is 5.37. The Balaban J connectivity index is 1.83. The fourth-order valence-corrected chi connectivity index (χ4v) is 1.88. The molecule has 0 spiro atoms. The maximum absolute atomic E-state index is 13.4. The normalized spacial score (nSPS) is 10.1. The monoisotopic (exact) mass is 302 g/mol. The molecule has 0 bridgehead atoms. The maximum Gasteiger partial charge on any atom is 0.315 e. The molecule has 0 saturated heterocycles. The van der Waals surface area contributed by atoms with Crippen LogP contribution in [0, 0.1) is 5.82 Å². The summed E-state index contributed by atoms with van der Waals surface area (Å²) >= 11 is 0. The number of halogens is 1. The van der Waals surface area contributed by atoms with Crippen LogP contribution in [0.15, 0.2) is 42.6 Å². The second-order valence-corrected chi connectivity index (χ2v) is 5.04. The highest BCUT2D eigenvalue weighted by Gasteiger charge is 2.05. The number of amides is 2. The number of carbonyl (C=O) groups is 1. The first-order chi connectivity index (χ1) is 10.6. The van der Waals surface area contributed by atoms with E-state index in [0.29, 0.717) is 12.1 Å².